The zero-order valence-electron chi connectivity index (χ0n) is 27.5. The van der Waals surface area contributed by atoms with Crippen molar-refractivity contribution in [1.29, 1.82) is 0 Å². The molecule has 3 aliphatic rings. The van der Waals surface area contributed by atoms with Crippen molar-refractivity contribution in [3.05, 3.63) is 70.4 Å². The molecule has 0 saturated carbocycles. The highest BCUT2D eigenvalue weighted by Crippen LogP contribution is 2.40. The number of anilines is 4. The number of benzene rings is 2. The molecule has 4 heterocycles. The summed E-state index contributed by atoms with van der Waals surface area (Å²) in [7, 11) is 0. The number of piperidine rings is 1. The van der Waals surface area contributed by atoms with Gasteiger partial charge in [-0.3, -0.25) is 9.59 Å². The van der Waals surface area contributed by atoms with Gasteiger partial charge < -0.3 is 30.5 Å². The van der Waals surface area contributed by atoms with Crippen LogP contribution in [0.5, 0.6) is 0 Å². The summed E-state index contributed by atoms with van der Waals surface area (Å²) < 4.78 is 5.41. The summed E-state index contributed by atoms with van der Waals surface area (Å²) >= 11 is 6.44. The van der Waals surface area contributed by atoms with Crippen LogP contribution in [-0.2, 0) is 26.3 Å². The average molecular weight is 660 g/mol. The van der Waals surface area contributed by atoms with E-state index in [0.29, 0.717) is 55.4 Å². The van der Waals surface area contributed by atoms with Crippen LogP contribution >= 0.6 is 11.6 Å². The molecule has 248 valence electrons. The molecule has 0 spiro atoms. The van der Waals surface area contributed by atoms with Crippen LogP contribution in [0.25, 0.3) is 0 Å². The van der Waals surface area contributed by atoms with Crippen LogP contribution in [-0.4, -0.2) is 69.5 Å². The van der Waals surface area contributed by atoms with Crippen LogP contribution in [0.2, 0.25) is 5.02 Å². The quantitative estimate of drug-likeness (QED) is 0.270. The number of ether oxygens (including phenoxy) is 1. The molecule has 2 aromatic carbocycles. The Morgan fingerprint density at radius 3 is 2.45 bits per heavy atom. The van der Waals surface area contributed by atoms with E-state index in [1.165, 1.54) is 5.56 Å². The van der Waals surface area contributed by atoms with E-state index in [4.69, 9.17) is 16.3 Å². The van der Waals surface area contributed by atoms with Crippen molar-refractivity contribution >= 4 is 52.6 Å². The van der Waals surface area contributed by atoms with Gasteiger partial charge in [0.25, 0.3) is 0 Å². The van der Waals surface area contributed by atoms with E-state index in [2.05, 4.69) is 38.1 Å². The van der Waals surface area contributed by atoms with Gasteiger partial charge in [0.1, 0.15) is 10.6 Å². The largest absolute Gasteiger partial charge is 0.444 e. The number of hydrogen-bond acceptors (Lipinski definition) is 8. The van der Waals surface area contributed by atoms with Gasteiger partial charge in [0, 0.05) is 44.1 Å². The number of nitrogens with one attached hydrogen (secondary N) is 3. The van der Waals surface area contributed by atoms with Crippen molar-refractivity contribution in [3.63, 3.8) is 0 Å². The van der Waals surface area contributed by atoms with Gasteiger partial charge in [-0.25, -0.2) is 9.78 Å². The average Bonchev–Trinajstić information content (AvgIpc) is 3.24. The lowest BCUT2D eigenvalue weighted by molar-refractivity contribution is -0.141. The van der Waals surface area contributed by atoms with Crippen molar-refractivity contribution in [3.8, 4) is 0 Å². The Morgan fingerprint density at radius 2 is 1.77 bits per heavy atom. The molecule has 3 amide bonds. The number of aromatic nitrogens is 2. The SMILES string of the molecule is CC(C)(C)OC(=O)N1CC(C(=O)N2CCC(c3ccc(Nc4ncc(Cl)c(NCc5cccc6c5C(C)(C)C(=O)N6)n4)cc3)CC2)C1. The van der Waals surface area contributed by atoms with E-state index in [0.717, 1.165) is 35.3 Å². The number of rotatable bonds is 7. The molecule has 0 unspecified atom stereocenters. The van der Waals surface area contributed by atoms with Gasteiger partial charge in [0.2, 0.25) is 17.8 Å². The molecule has 1 aromatic heterocycles. The summed E-state index contributed by atoms with van der Waals surface area (Å²) in [5.74, 6) is 1.23. The number of fused-ring (bicyclic) bond motifs is 1. The lowest BCUT2D eigenvalue weighted by Gasteiger charge is -2.42. The minimum Gasteiger partial charge on any atom is -0.444 e. The second-order valence-electron chi connectivity index (χ2n) is 14.1. The lowest BCUT2D eigenvalue weighted by Crippen LogP contribution is -2.58. The van der Waals surface area contributed by atoms with Crippen LogP contribution in [0.1, 0.15) is 70.1 Å². The summed E-state index contributed by atoms with van der Waals surface area (Å²) in [4.78, 5) is 50.2. The Labute approximate surface area is 280 Å². The number of likely N-dealkylation sites (tertiary alicyclic amines) is 2. The first-order valence-corrected chi connectivity index (χ1v) is 16.5. The predicted molar refractivity (Wildman–Crippen MR) is 182 cm³/mol. The third-order valence-electron chi connectivity index (χ3n) is 9.11. The molecule has 3 aliphatic heterocycles. The van der Waals surface area contributed by atoms with Gasteiger partial charge in [-0.15, -0.1) is 0 Å². The van der Waals surface area contributed by atoms with Gasteiger partial charge in [-0.1, -0.05) is 35.9 Å². The summed E-state index contributed by atoms with van der Waals surface area (Å²) in [6.07, 6.45) is 2.99. The molecule has 6 rings (SSSR count). The van der Waals surface area contributed by atoms with Crippen LogP contribution in [0.3, 0.4) is 0 Å². The summed E-state index contributed by atoms with van der Waals surface area (Å²) in [5.41, 5.74) is 3.71. The van der Waals surface area contributed by atoms with Gasteiger partial charge in [-0.2, -0.15) is 4.98 Å². The van der Waals surface area contributed by atoms with Crippen molar-refractivity contribution in [1.82, 2.24) is 19.8 Å². The second-order valence-corrected chi connectivity index (χ2v) is 14.5. The zero-order chi connectivity index (χ0) is 33.5. The fourth-order valence-corrected chi connectivity index (χ4v) is 6.64. The van der Waals surface area contributed by atoms with Crippen molar-refractivity contribution in [2.75, 3.05) is 42.1 Å². The fraction of sp³-hybridized carbons (Fsp3) is 0.457. The third kappa shape index (κ3) is 7.00. The van der Waals surface area contributed by atoms with Crippen molar-refractivity contribution in [2.24, 2.45) is 5.92 Å². The van der Waals surface area contributed by atoms with Crippen LogP contribution in [0, 0.1) is 5.92 Å². The first kappa shape index (κ1) is 32.6. The maximum absolute atomic E-state index is 13.0. The number of halogens is 1. The second kappa shape index (κ2) is 12.7. The van der Waals surface area contributed by atoms with E-state index >= 15 is 0 Å². The summed E-state index contributed by atoms with van der Waals surface area (Å²) in [5, 5.41) is 9.95. The Morgan fingerprint density at radius 1 is 1.06 bits per heavy atom. The molecule has 2 saturated heterocycles. The maximum atomic E-state index is 13.0. The van der Waals surface area contributed by atoms with E-state index in [-0.39, 0.29) is 23.8 Å². The number of nitrogens with zero attached hydrogens (tertiary/aromatic N) is 4. The molecule has 12 heteroatoms. The smallest absolute Gasteiger partial charge is 0.410 e. The standard InChI is InChI=1S/C35H42ClN7O4/c1-34(2,3)47-33(46)43-19-24(20-43)30(44)42-15-13-22(14-16-42)21-9-11-25(12-10-21)39-32-38-18-26(36)29(41-32)37-17-23-7-6-8-27-28(23)35(4,5)31(45)40-27/h6-12,18,22,24H,13-17,19-20H2,1-5H3,(H,40,45)(H2,37,38,39,41). The van der Waals surface area contributed by atoms with E-state index in [1.807, 2.05) is 69.9 Å². The molecule has 47 heavy (non-hydrogen) atoms. The third-order valence-corrected chi connectivity index (χ3v) is 9.39. The first-order chi connectivity index (χ1) is 22.3. The lowest BCUT2D eigenvalue weighted by atomic mass is 9.83. The van der Waals surface area contributed by atoms with Gasteiger partial charge >= 0.3 is 6.09 Å². The number of amides is 3. The molecule has 3 aromatic rings. The minimum absolute atomic E-state index is 0.0170. The van der Waals surface area contributed by atoms with E-state index in [1.54, 1.807) is 11.1 Å². The number of hydrogen-bond donors (Lipinski definition) is 3. The molecular formula is C35H42ClN7O4. The zero-order valence-corrected chi connectivity index (χ0v) is 28.3. The van der Waals surface area contributed by atoms with E-state index in [9.17, 15) is 14.4 Å². The number of carbonyl (C=O) groups is 3. The Kier molecular flexibility index (Phi) is 8.78. The van der Waals surface area contributed by atoms with Crippen LogP contribution < -0.4 is 16.0 Å². The normalized spacial score (nSPS) is 17.9. The Hall–Kier alpha value is -4.38. The molecule has 0 radical (unpaired) electrons. The minimum atomic E-state index is -0.625. The van der Waals surface area contributed by atoms with Crippen LogP contribution in [0.4, 0.5) is 27.9 Å². The molecular weight excluding hydrogens is 618 g/mol. The predicted octanol–water partition coefficient (Wildman–Crippen LogP) is 6.29. The fourth-order valence-electron chi connectivity index (χ4n) is 6.48. The van der Waals surface area contributed by atoms with E-state index < -0.39 is 11.0 Å². The molecule has 0 atom stereocenters. The van der Waals surface area contributed by atoms with Gasteiger partial charge in [0.15, 0.2) is 5.82 Å². The molecule has 0 bridgehead atoms. The van der Waals surface area contributed by atoms with Gasteiger partial charge in [0.05, 0.1) is 17.5 Å². The highest BCUT2D eigenvalue weighted by molar-refractivity contribution is 6.32. The molecule has 2 fully saturated rings. The maximum Gasteiger partial charge on any atom is 0.410 e. The number of carbonyl (C=O) groups excluding carboxylic acids is 3. The molecule has 0 aliphatic carbocycles. The highest BCUT2D eigenvalue weighted by Gasteiger charge is 2.41. The Bertz CT molecular complexity index is 1670. The molecule has 3 N–H and O–H groups in total. The Balaban J connectivity index is 1.00. The van der Waals surface area contributed by atoms with Crippen molar-refractivity contribution in [2.45, 2.75) is 70.9 Å². The van der Waals surface area contributed by atoms with Gasteiger partial charge in [-0.05, 0) is 88.3 Å². The summed E-state index contributed by atoms with van der Waals surface area (Å²) in [6.45, 7) is 12.1. The first-order valence-electron chi connectivity index (χ1n) is 16.1. The summed E-state index contributed by atoms with van der Waals surface area (Å²) in [6, 6.07) is 14.1. The monoisotopic (exact) mass is 659 g/mol. The topological polar surface area (TPSA) is 129 Å². The van der Waals surface area contributed by atoms with Crippen LogP contribution in [0.15, 0.2) is 48.7 Å². The highest BCUT2D eigenvalue weighted by atomic mass is 35.5. The van der Waals surface area contributed by atoms with Crippen molar-refractivity contribution < 1.29 is 19.1 Å². The molecule has 11 nitrogen and oxygen atoms in total.